The Labute approximate surface area is 167 Å². The number of hydrogen-bond donors (Lipinski definition) is 1. The molecule has 0 aromatic heterocycles. The van der Waals surface area contributed by atoms with Crippen molar-refractivity contribution in [3.8, 4) is 5.75 Å². The third-order valence-corrected chi connectivity index (χ3v) is 6.37. The first kappa shape index (κ1) is 17.9. The number of hydrogen-bond acceptors (Lipinski definition) is 4. The van der Waals surface area contributed by atoms with Crippen LogP contribution in [-0.4, -0.2) is 25.0 Å². The Morgan fingerprint density at radius 2 is 1.88 bits per heavy atom. The maximum absolute atomic E-state index is 6.33. The van der Waals surface area contributed by atoms with E-state index in [-0.39, 0.29) is 0 Å². The van der Waals surface area contributed by atoms with Crippen LogP contribution in [-0.2, 0) is 0 Å². The van der Waals surface area contributed by atoms with Crippen LogP contribution in [0.2, 0.25) is 0 Å². The summed E-state index contributed by atoms with van der Waals surface area (Å²) in [7, 11) is 0. The molecule has 1 heterocycles. The zero-order valence-corrected chi connectivity index (χ0v) is 17.1. The maximum atomic E-state index is 6.33. The van der Waals surface area contributed by atoms with E-state index in [4.69, 9.17) is 4.74 Å². The minimum atomic E-state index is 0.357. The molecule has 5 heteroatoms. The van der Waals surface area contributed by atoms with Crippen LogP contribution in [0.25, 0.3) is 0 Å². The summed E-state index contributed by atoms with van der Waals surface area (Å²) in [6, 6.07) is 14.8. The molecule has 0 amide bonds. The monoisotopic (exact) mass is 430 g/mol. The highest BCUT2D eigenvalue weighted by atomic mass is 79.9. The molecule has 0 spiro atoms. The summed E-state index contributed by atoms with van der Waals surface area (Å²) >= 11 is 5.37. The molecular formula is C21H23BrN2OS. The van der Waals surface area contributed by atoms with Gasteiger partial charge in [-0.3, -0.25) is 4.99 Å². The summed E-state index contributed by atoms with van der Waals surface area (Å²) in [5.74, 6) is 1.99. The molecule has 1 fully saturated rings. The molecule has 1 aliphatic heterocycles. The van der Waals surface area contributed by atoms with Crippen LogP contribution in [0.1, 0.15) is 37.7 Å². The Morgan fingerprint density at radius 1 is 1.04 bits per heavy atom. The number of aliphatic imine (C=N–C) groups is 1. The number of nitrogens with one attached hydrogen (secondary N) is 1. The SMILES string of the molecule is Brc1ccc(OC2CCCC2)c(Sc2ccccc2C2=NCCCN2)c1. The van der Waals surface area contributed by atoms with Crippen LogP contribution in [0.5, 0.6) is 5.75 Å². The van der Waals surface area contributed by atoms with Crippen LogP contribution in [0, 0.1) is 0 Å². The molecule has 1 saturated carbocycles. The number of ether oxygens (including phenoxy) is 1. The van der Waals surface area contributed by atoms with Gasteiger partial charge in [0, 0.05) is 28.0 Å². The summed E-state index contributed by atoms with van der Waals surface area (Å²) in [6.45, 7) is 1.89. The molecule has 3 nitrogen and oxygen atoms in total. The molecule has 1 N–H and O–H groups in total. The van der Waals surface area contributed by atoms with Crippen molar-refractivity contribution in [2.75, 3.05) is 13.1 Å². The number of rotatable bonds is 5. The summed E-state index contributed by atoms with van der Waals surface area (Å²) in [5.41, 5.74) is 1.17. The standard InChI is InChI=1S/C21H23BrN2OS/c22-15-10-11-18(25-16-6-1-2-7-16)20(14-15)26-19-9-4-3-8-17(19)21-23-12-5-13-24-21/h3-4,8-11,14,16H,1-2,5-7,12-13H2,(H,23,24). The van der Waals surface area contributed by atoms with Crippen LogP contribution in [0.4, 0.5) is 0 Å². The average molecular weight is 431 g/mol. The van der Waals surface area contributed by atoms with Gasteiger partial charge in [-0.15, -0.1) is 0 Å². The van der Waals surface area contributed by atoms with Gasteiger partial charge in [-0.2, -0.15) is 0 Å². The van der Waals surface area contributed by atoms with Crippen molar-refractivity contribution in [2.24, 2.45) is 4.99 Å². The second-order valence-corrected chi connectivity index (χ2v) is 8.72. The molecular weight excluding hydrogens is 408 g/mol. The van der Waals surface area contributed by atoms with E-state index in [1.165, 1.54) is 23.3 Å². The fourth-order valence-electron chi connectivity index (χ4n) is 3.43. The van der Waals surface area contributed by atoms with E-state index < -0.39 is 0 Å². The van der Waals surface area contributed by atoms with Gasteiger partial charge in [0.1, 0.15) is 11.6 Å². The third kappa shape index (κ3) is 4.26. The molecule has 4 rings (SSSR count). The highest BCUT2D eigenvalue weighted by molar-refractivity contribution is 9.10. The number of amidine groups is 1. The molecule has 136 valence electrons. The fraction of sp³-hybridized carbons (Fsp3) is 0.381. The van der Waals surface area contributed by atoms with Gasteiger partial charge >= 0.3 is 0 Å². The van der Waals surface area contributed by atoms with E-state index >= 15 is 0 Å². The minimum absolute atomic E-state index is 0.357. The normalized spacial score (nSPS) is 17.7. The topological polar surface area (TPSA) is 33.6 Å². The predicted molar refractivity (Wildman–Crippen MR) is 112 cm³/mol. The fourth-order valence-corrected chi connectivity index (χ4v) is 5.00. The lowest BCUT2D eigenvalue weighted by molar-refractivity contribution is 0.205. The first-order valence-corrected chi connectivity index (χ1v) is 10.9. The Kier molecular flexibility index (Phi) is 5.85. The summed E-state index contributed by atoms with van der Waals surface area (Å²) in [4.78, 5) is 7.03. The lowest BCUT2D eigenvalue weighted by Gasteiger charge is -2.19. The summed E-state index contributed by atoms with van der Waals surface area (Å²) in [6.07, 6.45) is 6.34. The Bertz CT molecular complexity index is 802. The van der Waals surface area contributed by atoms with E-state index in [1.807, 2.05) is 0 Å². The zero-order chi connectivity index (χ0) is 17.8. The second-order valence-electron chi connectivity index (χ2n) is 6.72. The quantitative estimate of drug-likeness (QED) is 0.663. The first-order valence-electron chi connectivity index (χ1n) is 9.31. The highest BCUT2D eigenvalue weighted by Crippen LogP contribution is 2.40. The molecule has 26 heavy (non-hydrogen) atoms. The number of benzene rings is 2. The molecule has 0 radical (unpaired) electrons. The molecule has 1 aliphatic carbocycles. The van der Waals surface area contributed by atoms with Gasteiger partial charge in [-0.1, -0.05) is 45.9 Å². The van der Waals surface area contributed by atoms with E-state index in [0.717, 1.165) is 53.3 Å². The molecule has 0 saturated heterocycles. The van der Waals surface area contributed by atoms with Gasteiger partial charge in [-0.25, -0.2) is 0 Å². The molecule has 0 unspecified atom stereocenters. The maximum Gasteiger partial charge on any atom is 0.133 e. The van der Waals surface area contributed by atoms with Crippen LogP contribution < -0.4 is 10.1 Å². The van der Waals surface area contributed by atoms with Crippen LogP contribution >= 0.6 is 27.7 Å². The van der Waals surface area contributed by atoms with Crippen molar-refractivity contribution >= 4 is 33.5 Å². The lowest BCUT2D eigenvalue weighted by atomic mass is 10.2. The van der Waals surface area contributed by atoms with E-state index in [0.29, 0.717) is 6.10 Å². The van der Waals surface area contributed by atoms with Crippen molar-refractivity contribution in [3.63, 3.8) is 0 Å². The smallest absolute Gasteiger partial charge is 0.133 e. The summed E-state index contributed by atoms with van der Waals surface area (Å²) in [5, 5.41) is 3.44. The van der Waals surface area contributed by atoms with Crippen molar-refractivity contribution in [1.82, 2.24) is 5.32 Å². The summed E-state index contributed by atoms with van der Waals surface area (Å²) < 4.78 is 7.40. The van der Waals surface area contributed by atoms with E-state index in [9.17, 15) is 0 Å². The van der Waals surface area contributed by atoms with Crippen molar-refractivity contribution in [2.45, 2.75) is 48.0 Å². The Hall–Kier alpha value is -1.46. The highest BCUT2D eigenvalue weighted by Gasteiger charge is 2.19. The second kappa shape index (κ2) is 8.49. The zero-order valence-electron chi connectivity index (χ0n) is 14.7. The minimum Gasteiger partial charge on any atom is -0.489 e. The molecule has 0 bridgehead atoms. The number of halogens is 1. The predicted octanol–water partition coefficient (Wildman–Crippen LogP) is 5.66. The number of nitrogens with zero attached hydrogens (tertiary/aromatic N) is 1. The first-order chi connectivity index (χ1) is 12.8. The molecule has 2 aliphatic rings. The van der Waals surface area contributed by atoms with Gasteiger partial charge in [0.25, 0.3) is 0 Å². The lowest BCUT2D eigenvalue weighted by Crippen LogP contribution is -2.30. The third-order valence-electron chi connectivity index (χ3n) is 4.76. The van der Waals surface area contributed by atoms with E-state index in [1.54, 1.807) is 11.8 Å². The van der Waals surface area contributed by atoms with Crippen molar-refractivity contribution in [3.05, 3.63) is 52.5 Å². The van der Waals surface area contributed by atoms with Gasteiger partial charge < -0.3 is 10.1 Å². The average Bonchev–Trinajstić information content (AvgIpc) is 3.18. The molecule has 0 atom stereocenters. The Balaban J connectivity index is 1.63. The van der Waals surface area contributed by atoms with Gasteiger partial charge in [-0.05, 0) is 56.4 Å². The largest absolute Gasteiger partial charge is 0.489 e. The van der Waals surface area contributed by atoms with E-state index in [2.05, 4.69) is 68.7 Å². The van der Waals surface area contributed by atoms with Gasteiger partial charge in [0.15, 0.2) is 0 Å². The van der Waals surface area contributed by atoms with Crippen molar-refractivity contribution in [1.29, 1.82) is 0 Å². The molecule has 2 aromatic rings. The van der Waals surface area contributed by atoms with Crippen LogP contribution in [0.3, 0.4) is 0 Å². The van der Waals surface area contributed by atoms with Crippen LogP contribution in [0.15, 0.2) is 61.7 Å². The van der Waals surface area contributed by atoms with Gasteiger partial charge in [0.05, 0.1) is 11.0 Å². The molecule has 2 aromatic carbocycles. The van der Waals surface area contributed by atoms with Crippen molar-refractivity contribution < 1.29 is 4.74 Å². The Morgan fingerprint density at radius 3 is 2.69 bits per heavy atom. The van der Waals surface area contributed by atoms with Gasteiger partial charge in [0.2, 0.25) is 0 Å².